The van der Waals surface area contributed by atoms with Gasteiger partial charge in [0.15, 0.2) is 11.4 Å². The number of nitrogens with one attached hydrogen (secondary N) is 3. The van der Waals surface area contributed by atoms with Gasteiger partial charge in [-0.25, -0.2) is 0 Å². The summed E-state index contributed by atoms with van der Waals surface area (Å²) in [5, 5.41) is 15.0. The number of hydrogen-bond donors (Lipinski definition) is 4. The minimum absolute atomic E-state index is 0.216. The number of aromatic nitrogens is 1. The van der Waals surface area contributed by atoms with Crippen molar-refractivity contribution in [1.82, 2.24) is 10.3 Å². The van der Waals surface area contributed by atoms with Crippen LogP contribution in [0.15, 0.2) is 29.1 Å². The Morgan fingerprint density at radius 2 is 1.86 bits per heavy atom. The second kappa shape index (κ2) is 5.66. The molecule has 0 saturated carbocycles. The summed E-state index contributed by atoms with van der Waals surface area (Å²) in [7, 11) is 0. The molecule has 0 atom stereocenters. The number of pyridine rings is 1. The van der Waals surface area contributed by atoms with Gasteiger partial charge in [0.2, 0.25) is 0 Å². The van der Waals surface area contributed by atoms with Gasteiger partial charge >= 0.3 is 11.8 Å². The van der Waals surface area contributed by atoms with Gasteiger partial charge in [0, 0.05) is 11.4 Å². The molecule has 1 heterocycles. The van der Waals surface area contributed by atoms with Crippen LogP contribution in [0.2, 0.25) is 0 Å². The number of benzene rings is 1. The van der Waals surface area contributed by atoms with Gasteiger partial charge in [-0.1, -0.05) is 12.1 Å². The van der Waals surface area contributed by atoms with Gasteiger partial charge in [0.25, 0.3) is 5.56 Å². The molecule has 0 spiro atoms. The van der Waals surface area contributed by atoms with Gasteiger partial charge in [-0.2, -0.15) is 0 Å². The molecule has 0 aliphatic rings. The minimum atomic E-state index is -1.01. The number of para-hydroxylation sites is 1. The fourth-order valence-electron chi connectivity index (χ4n) is 1.84. The van der Waals surface area contributed by atoms with E-state index in [0.717, 1.165) is 0 Å². The largest absolute Gasteiger partial charge is 0.505 e. The van der Waals surface area contributed by atoms with E-state index in [1.165, 1.54) is 0 Å². The lowest BCUT2D eigenvalue weighted by Crippen LogP contribution is -2.40. The van der Waals surface area contributed by atoms with Gasteiger partial charge in [0.05, 0.1) is 5.52 Å². The van der Waals surface area contributed by atoms with Crippen molar-refractivity contribution >= 4 is 28.4 Å². The maximum atomic E-state index is 11.9. The normalized spacial score (nSPS) is 10.6. The molecule has 7 heteroatoms. The molecule has 0 radical (unpaired) electrons. The van der Waals surface area contributed by atoms with Crippen molar-refractivity contribution in [3.63, 3.8) is 0 Å². The molecule has 0 unspecified atom stereocenters. The summed E-state index contributed by atoms with van der Waals surface area (Å²) >= 11 is 0. The number of hydrogen-bond acceptors (Lipinski definition) is 4. The topological polar surface area (TPSA) is 111 Å². The van der Waals surface area contributed by atoms with E-state index in [9.17, 15) is 19.5 Å². The zero-order valence-corrected chi connectivity index (χ0v) is 11.6. The van der Waals surface area contributed by atoms with Crippen LogP contribution in [0, 0.1) is 0 Å². The summed E-state index contributed by atoms with van der Waals surface area (Å²) < 4.78 is 0. The Hall–Kier alpha value is -2.83. The highest BCUT2D eigenvalue weighted by molar-refractivity contribution is 6.39. The Labute approximate surface area is 120 Å². The number of anilines is 1. The second-order valence-electron chi connectivity index (χ2n) is 4.81. The monoisotopic (exact) mass is 289 g/mol. The minimum Gasteiger partial charge on any atom is -0.505 e. The predicted octanol–water partition coefficient (Wildman–Crippen LogP) is 0.697. The van der Waals surface area contributed by atoms with Gasteiger partial charge in [-0.3, -0.25) is 14.4 Å². The fraction of sp³-hybridized carbons (Fsp3) is 0.214. The van der Waals surface area contributed by atoms with Gasteiger partial charge in [-0.15, -0.1) is 0 Å². The molecule has 0 bridgehead atoms. The van der Waals surface area contributed by atoms with E-state index in [2.05, 4.69) is 15.6 Å². The maximum Gasteiger partial charge on any atom is 0.313 e. The van der Waals surface area contributed by atoms with E-state index in [1.807, 2.05) is 0 Å². The molecule has 21 heavy (non-hydrogen) atoms. The molecular weight excluding hydrogens is 274 g/mol. The SMILES string of the molecule is CC(C)NC(=O)C(=O)Nc1c(O)c2ccccc2[nH]c1=O. The number of rotatable bonds is 2. The molecule has 1 aromatic heterocycles. The van der Waals surface area contributed by atoms with Crippen LogP contribution in [0.1, 0.15) is 13.8 Å². The Morgan fingerprint density at radius 1 is 1.19 bits per heavy atom. The molecule has 2 aromatic rings. The zero-order chi connectivity index (χ0) is 15.6. The van der Waals surface area contributed by atoms with Crippen LogP contribution in [0.4, 0.5) is 5.69 Å². The lowest BCUT2D eigenvalue weighted by atomic mass is 10.2. The molecule has 2 amide bonds. The third-order valence-electron chi connectivity index (χ3n) is 2.76. The van der Waals surface area contributed by atoms with Crippen molar-refractivity contribution in [2.24, 2.45) is 0 Å². The second-order valence-corrected chi connectivity index (χ2v) is 4.81. The highest BCUT2D eigenvalue weighted by atomic mass is 16.3. The van der Waals surface area contributed by atoms with Crippen molar-refractivity contribution in [2.45, 2.75) is 19.9 Å². The van der Waals surface area contributed by atoms with Gasteiger partial charge in [-0.05, 0) is 26.0 Å². The molecule has 4 N–H and O–H groups in total. The van der Waals surface area contributed by atoms with E-state index in [0.29, 0.717) is 10.9 Å². The first-order valence-corrected chi connectivity index (χ1v) is 6.36. The number of H-pyrrole nitrogens is 1. The van der Waals surface area contributed by atoms with Crippen LogP contribution in [0.3, 0.4) is 0 Å². The van der Waals surface area contributed by atoms with Crippen molar-refractivity contribution in [1.29, 1.82) is 0 Å². The first-order valence-electron chi connectivity index (χ1n) is 6.36. The Bertz CT molecular complexity index is 764. The predicted molar refractivity (Wildman–Crippen MR) is 78.1 cm³/mol. The van der Waals surface area contributed by atoms with Crippen molar-refractivity contribution in [2.75, 3.05) is 5.32 Å². The average molecular weight is 289 g/mol. The first kappa shape index (κ1) is 14.6. The summed E-state index contributed by atoms with van der Waals surface area (Å²) in [5.41, 5.74) is -0.598. The summed E-state index contributed by atoms with van der Waals surface area (Å²) in [6.45, 7) is 3.40. The number of fused-ring (bicyclic) bond motifs is 1. The average Bonchev–Trinajstić information content (AvgIpc) is 2.42. The third-order valence-corrected chi connectivity index (χ3v) is 2.76. The molecule has 0 aliphatic carbocycles. The Kier molecular flexibility index (Phi) is 3.93. The number of amides is 2. The highest BCUT2D eigenvalue weighted by Gasteiger charge is 2.19. The van der Waals surface area contributed by atoms with Crippen LogP contribution < -0.4 is 16.2 Å². The molecule has 7 nitrogen and oxygen atoms in total. The third kappa shape index (κ3) is 3.02. The molecular formula is C14H15N3O4. The van der Waals surface area contributed by atoms with Crippen LogP contribution in [0.5, 0.6) is 5.75 Å². The Balaban J connectivity index is 2.37. The standard InChI is InChI=1S/C14H15N3O4/c1-7(2)15-13(20)14(21)17-10-11(18)8-5-3-4-6-9(8)16-12(10)19/h3-7H,1-2H3,(H,15,20)(H,17,21)(H2,16,18,19). The fourth-order valence-corrected chi connectivity index (χ4v) is 1.84. The number of aromatic hydroxyl groups is 1. The summed E-state index contributed by atoms with van der Waals surface area (Å²) in [6.07, 6.45) is 0. The highest BCUT2D eigenvalue weighted by Crippen LogP contribution is 2.27. The zero-order valence-electron chi connectivity index (χ0n) is 11.6. The van der Waals surface area contributed by atoms with Crippen molar-refractivity contribution in [3.8, 4) is 5.75 Å². The van der Waals surface area contributed by atoms with Gasteiger partial charge in [0.1, 0.15) is 0 Å². The van der Waals surface area contributed by atoms with E-state index in [-0.39, 0.29) is 17.5 Å². The smallest absolute Gasteiger partial charge is 0.313 e. The van der Waals surface area contributed by atoms with Crippen LogP contribution in [0.25, 0.3) is 10.9 Å². The summed E-state index contributed by atoms with van der Waals surface area (Å²) in [5.74, 6) is -2.27. The van der Waals surface area contributed by atoms with Gasteiger partial charge < -0.3 is 20.7 Å². The Morgan fingerprint density at radius 3 is 2.52 bits per heavy atom. The number of carbonyl (C=O) groups is 2. The van der Waals surface area contributed by atoms with E-state index >= 15 is 0 Å². The van der Waals surface area contributed by atoms with E-state index < -0.39 is 17.4 Å². The van der Waals surface area contributed by atoms with Crippen molar-refractivity contribution < 1.29 is 14.7 Å². The molecule has 1 aromatic carbocycles. The molecule has 0 fully saturated rings. The lowest BCUT2D eigenvalue weighted by Gasteiger charge is -2.10. The summed E-state index contributed by atoms with van der Waals surface area (Å²) in [4.78, 5) is 37.6. The van der Waals surface area contributed by atoms with E-state index in [4.69, 9.17) is 0 Å². The number of carbonyl (C=O) groups excluding carboxylic acids is 2. The molecule has 2 rings (SSSR count). The quantitative estimate of drug-likeness (QED) is 0.610. The van der Waals surface area contributed by atoms with Crippen LogP contribution in [-0.2, 0) is 9.59 Å². The van der Waals surface area contributed by atoms with Crippen LogP contribution >= 0.6 is 0 Å². The summed E-state index contributed by atoms with van der Waals surface area (Å²) in [6, 6.07) is 6.37. The first-order chi connectivity index (χ1) is 9.90. The molecule has 0 saturated heterocycles. The number of aromatic amines is 1. The lowest BCUT2D eigenvalue weighted by molar-refractivity contribution is -0.136. The molecule has 110 valence electrons. The van der Waals surface area contributed by atoms with E-state index in [1.54, 1.807) is 38.1 Å². The maximum absolute atomic E-state index is 11.9. The molecule has 0 aliphatic heterocycles. The van der Waals surface area contributed by atoms with Crippen molar-refractivity contribution in [3.05, 3.63) is 34.6 Å². The van der Waals surface area contributed by atoms with Crippen LogP contribution in [-0.4, -0.2) is 27.9 Å².